The van der Waals surface area contributed by atoms with Gasteiger partial charge in [0, 0.05) is 19.6 Å². The Labute approximate surface area is 116 Å². The smallest absolute Gasteiger partial charge is 0.396 e. The van der Waals surface area contributed by atoms with Crippen LogP contribution < -0.4 is 0 Å². The van der Waals surface area contributed by atoms with Crippen LogP contribution in [0, 0.1) is 0 Å². The quantitative estimate of drug-likeness (QED) is 0.784. The number of hydrogen-bond acceptors (Lipinski definition) is 2. The van der Waals surface area contributed by atoms with Crippen LogP contribution >= 0.6 is 0 Å². The van der Waals surface area contributed by atoms with Crippen molar-refractivity contribution in [1.29, 1.82) is 0 Å². The molecule has 112 valence electrons. The number of carbonyl (C=O) groups excluding carboxylic acids is 1. The number of unbranched alkanes of at least 4 members (excludes halogenated alkanes) is 1. The van der Waals surface area contributed by atoms with Crippen molar-refractivity contribution in [2.24, 2.45) is 0 Å². The van der Waals surface area contributed by atoms with E-state index in [0.29, 0.717) is 18.4 Å². The maximum atomic E-state index is 12.5. The van der Waals surface area contributed by atoms with Crippen molar-refractivity contribution in [3.05, 3.63) is 35.9 Å². The van der Waals surface area contributed by atoms with Gasteiger partial charge in [0.2, 0.25) is 5.91 Å². The van der Waals surface area contributed by atoms with Crippen LogP contribution in [0.15, 0.2) is 30.3 Å². The third-order valence-electron chi connectivity index (χ3n) is 2.74. The highest BCUT2D eigenvalue weighted by atomic mass is 19.4. The van der Waals surface area contributed by atoms with E-state index in [1.165, 1.54) is 0 Å². The molecule has 1 aromatic carbocycles. The number of halogens is 3. The number of aliphatic hydroxyl groups excluding tert-OH is 1. The Morgan fingerprint density at radius 2 is 1.80 bits per heavy atom. The fourth-order valence-electron chi connectivity index (χ4n) is 1.80. The molecule has 0 saturated heterocycles. The van der Waals surface area contributed by atoms with E-state index in [2.05, 4.69) is 0 Å². The highest BCUT2D eigenvalue weighted by Gasteiger charge is 2.32. The van der Waals surface area contributed by atoms with Gasteiger partial charge in [0.05, 0.1) is 0 Å². The third kappa shape index (κ3) is 6.56. The normalized spacial score (nSPS) is 11.4. The Bertz CT molecular complexity index is 407. The summed E-state index contributed by atoms with van der Waals surface area (Å²) in [6.45, 7) is -1.37. The summed E-state index contributed by atoms with van der Waals surface area (Å²) >= 11 is 0. The zero-order valence-corrected chi connectivity index (χ0v) is 11.1. The molecule has 0 radical (unpaired) electrons. The Morgan fingerprint density at radius 1 is 1.15 bits per heavy atom. The maximum Gasteiger partial charge on any atom is 0.406 e. The van der Waals surface area contributed by atoms with Gasteiger partial charge >= 0.3 is 6.18 Å². The lowest BCUT2D eigenvalue weighted by atomic mass is 10.2. The lowest BCUT2D eigenvalue weighted by Crippen LogP contribution is -2.38. The van der Waals surface area contributed by atoms with Gasteiger partial charge in [-0.05, 0) is 18.4 Å². The first kappa shape index (κ1) is 16.5. The summed E-state index contributed by atoms with van der Waals surface area (Å²) in [5.41, 5.74) is 0.659. The van der Waals surface area contributed by atoms with Gasteiger partial charge in [-0.3, -0.25) is 4.79 Å². The zero-order chi connectivity index (χ0) is 15.0. The van der Waals surface area contributed by atoms with Crippen LogP contribution in [0.4, 0.5) is 13.2 Å². The standard InChI is InChI=1S/C14H18F3NO2/c15-14(16,17)11-18(13(20)8-4-5-9-19)10-12-6-2-1-3-7-12/h1-3,6-7,19H,4-5,8-11H2. The van der Waals surface area contributed by atoms with E-state index < -0.39 is 18.6 Å². The predicted octanol–water partition coefficient (Wildman–Crippen LogP) is 2.74. The molecule has 6 heteroatoms. The number of rotatable bonds is 7. The fraction of sp³-hybridized carbons (Fsp3) is 0.500. The molecule has 0 aliphatic rings. The van der Waals surface area contributed by atoms with Crippen molar-refractivity contribution in [3.8, 4) is 0 Å². The number of alkyl halides is 3. The Hall–Kier alpha value is -1.56. The summed E-state index contributed by atoms with van der Waals surface area (Å²) in [5.74, 6) is -0.542. The van der Waals surface area contributed by atoms with Crippen LogP contribution in [-0.4, -0.2) is 35.2 Å². The summed E-state index contributed by atoms with van der Waals surface area (Å²) in [5, 5.41) is 8.63. The summed E-state index contributed by atoms with van der Waals surface area (Å²) in [6.07, 6.45) is -3.60. The van der Waals surface area contributed by atoms with Gasteiger partial charge in [0.1, 0.15) is 6.54 Å². The monoisotopic (exact) mass is 289 g/mol. The molecule has 3 nitrogen and oxygen atoms in total. The average Bonchev–Trinajstić information content (AvgIpc) is 2.38. The molecule has 0 bridgehead atoms. The molecule has 0 spiro atoms. The van der Waals surface area contributed by atoms with Gasteiger partial charge in [-0.25, -0.2) is 0 Å². The molecule has 0 aliphatic heterocycles. The molecule has 1 amide bonds. The topological polar surface area (TPSA) is 40.5 Å². The van der Waals surface area contributed by atoms with E-state index in [9.17, 15) is 18.0 Å². The largest absolute Gasteiger partial charge is 0.406 e. The minimum atomic E-state index is -4.42. The maximum absolute atomic E-state index is 12.5. The molecule has 0 heterocycles. The number of carbonyl (C=O) groups is 1. The molecule has 0 fully saturated rings. The number of benzene rings is 1. The van der Waals surface area contributed by atoms with E-state index in [1.54, 1.807) is 30.3 Å². The number of nitrogens with zero attached hydrogens (tertiary/aromatic N) is 1. The second kappa shape index (κ2) is 7.89. The van der Waals surface area contributed by atoms with Gasteiger partial charge in [0.25, 0.3) is 0 Å². The molecule has 1 aromatic rings. The minimum Gasteiger partial charge on any atom is -0.396 e. The van der Waals surface area contributed by atoms with E-state index in [0.717, 1.165) is 4.90 Å². The zero-order valence-electron chi connectivity index (χ0n) is 11.1. The van der Waals surface area contributed by atoms with Crippen LogP contribution in [0.25, 0.3) is 0 Å². The Balaban J connectivity index is 2.67. The van der Waals surface area contributed by atoms with Gasteiger partial charge in [-0.2, -0.15) is 13.2 Å². The number of aliphatic hydroxyl groups is 1. The molecule has 0 aliphatic carbocycles. The van der Waals surface area contributed by atoms with E-state index >= 15 is 0 Å². The average molecular weight is 289 g/mol. The first-order valence-corrected chi connectivity index (χ1v) is 6.41. The van der Waals surface area contributed by atoms with Crippen molar-refractivity contribution in [1.82, 2.24) is 4.90 Å². The molecular formula is C14H18F3NO2. The van der Waals surface area contributed by atoms with Gasteiger partial charge < -0.3 is 10.0 Å². The molecule has 1 N–H and O–H groups in total. The second-order valence-electron chi connectivity index (χ2n) is 4.53. The molecule has 20 heavy (non-hydrogen) atoms. The summed E-state index contributed by atoms with van der Waals surface area (Å²) < 4.78 is 37.6. The third-order valence-corrected chi connectivity index (χ3v) is 2.74. The van der Waals surface area contributed by atoms with Gasteiger partial charge in [-0.15, -0.1) is 0 Å². The number of hydrogen-bond donors (Lipinski definition) is 1. The highest BCUT2D eigenvalue weighted by molar-refractivity contribution is 5.76. The fourth-order valence-corrected chi connectivity index (χ4v) is 1.80. The molecule has 0 aromatic heterocycles. The van der Waals surface area contributed by atoms with Crippen molar-refractivity contribution < 1.29 is 23.1 Å². The lowest BCUT2D eigenvalue weighted by molar-refractivity contribution is -0.162. The Kier molecular flexibility index (Phi) is 6.51. The van der Waals surface area contributed by atoms with Crippen molar-refractivity contribution >= 4 is 5.91 Å². The lowest BCUT2D eigenvalue weighted by Gasteiger charge is -2.24. The van der Waals surface area contributed by atoms with Crippen LogP contribution in [0.5, 0.6) is 0 Å². The van der Waals surface area contributed by atoms with E-state index in [-0.39, 0.29) is 19.6 Å². The highest BCUT2D eigenvalue weighted by Crippen LogP contribution is 2.19. The molecular weight excluding hydrogens is 271 g/mol. The molecule has 0 atom stereocenters. The van der Waals surface area contributed by atoms with Crippen LogP contribution in [0.3, 0.4) is 0 Å². The van der Waals surface area contributed by atoms with Gasteiger partial charge in [0.15, 0.2) is 0 Å². The number of amides is 1. The minimum absolute atomic E-state index is 0.0173. The van der Waals surface area contributed by atoms with Crippen LogP contribution in [0.2, 0.25) is 0 Å². The summed E-state index contributed by atoms with van der Waals surface area (Å²) in [4.78, 5) is 12.7. The second-order valence-corrected chi connectivity index (χ2v) is 4.53. The van der Waals surface area contributed by atoms with E-state index in [1.807, 2.05) is 0 Å². The first-order valence-electron chi connectivity index (χ1n) is 6.41. The van der Waals surface area contributed by atoms with Crippen LogP contribution in [0.1, 0.15) is 24.8 Å². The molecule has 1 rings (SSSR count). The van der Waals surface area contributed by atoms with Crippen molar-refractivity contribution in [2.75, 3.05) is 13.2 Å². The summed E-state index contributed by atoms with van der Waals surface area (Å²) in [7, 11) is 0. The summed E-state index contributed by atoms with van der Waals surface area (Å²) in [6, 6.07) is 8.57. The first-order chi connectivity index (χ1) is 9.42. The van der Waals surface area contributed by atoms with Crippen molar-refractivity contribution in [3.63, 3.8) is 0 Å². The SMILES string of the molecule is O=C(CCCCO)N(Cc1ccccc1)CC(F)(F)F. The Morgan fingerprint density at radius 3 is 2.35 bits per heavy atom. The van der Waals surface area contributed by atoms with Crippen molar-refractivity contribution in [2.45, 2.75) is 32.0 Å². The van der Waals surface area contributed by atoms with E-state index in [4.69, 9.17) is 5.11 Å². The van der Waals surface area contributed by atoms with Gasteiger partial charge in [-0.1, -0.05) is 30.3 Å². The van der Waals surface area contributed by atoms with Crippen LogP contribution in [-0.2, 0) is 11.3 Å². The molecule has 0 unspecified atom stereocenters. The molecule has 0 saturated carbocycles. The predicted molar refractivity (Wildman–Crippen MR) is 68.9 cm³/mol.